The first-order valence-corrected chi connectivity index (χ1v) is 13.0. The number of halogens is 3. The first-order valence-electron chi connectivity index (χ1n) is 11.6. The van der Waals surface area contributed by atoms with Crippen LogP contribution in [0, 0.1) is 12.8 Å². The SMILES string of the molecule is COc1nn(C)c(C)c1S(=O)(=O)N1C[C@H](C[C@H](C)C(=O)O)Oc2ccc(NC(=O)OC(C)(C)C(F)(F)F)cc21. The number of rotatable bonds is 8. The van der Waals surface area contributed by atoms with Crippen molar-refractivity contribution in [2.45, 2.75) is 56.9 Å². The number of sulfonamides is 1. The van der Waals surface area contributed by atoms with Gasteiger partial charge >= 0.3 is 18.2 Å². The molecule has 0 bridgehead atoms. The summed E-state index contributed by atoms with van der Waals surface area (Å²) in [4.78, 5) is 23.4. The smallest absolute Gasteiger partial charge is 0.427 e. The maximum atomic E-state index is 13.9. The minimum atomic E-state index is -4.83. The quantitative estimate of drug-likeness (QED) is 0.478. The number of ether oxygens (including phenoxy) is 3. The summed E-state index contributed by atoms with van der Waals surface area (Å²) in [6.07, 6.45) is -7.14. The Labute approximate surface area is 222 Å². The molecule has 0 aliphatic carbocycles. The zero-order chi connectivity index (χ0) is 29.5. The highest BCUT2D eigenvalue weighted by molar-refractivity contribution is 7.93. The van der Waals surface area contributed by atoms with Gasteiger partial charge in [-0.3, -0.25) is 19.1 Å². The van der Waals surface area contributed by atoms with E-state index >= 15 is 0 Å². The lowest BCUT2D eigenvalue weighted by molar-refractivity contribution is -0.242. The summed E-state index contributed by atoms with van der Waals surface area (Å²) in [6.45, 7) is 4.03. The minimum Gasteiger partial charge on any atom is -0.486 e. The van der Waals surface area contributed by atoms with Crippen LogP contribution >= 0.6 is 0 Å². The van der Waals surface area contributed by atoms with Crippen LogP contribution in [0.5, 0.6) is 11.6 Å². The van der Waals surface area contributed by atoms with E-state index < -0.39 is 45.9 Å². The number of hydrogen-bond donors (Lipinski definition) is 2. The normalized spacial score (nSPS) is 16.6. The molecule has 2 heterocycles. The highest BCUT2D eigenvalue weighted by Crippen LogP contribution is 2.42. The van der Waals surface area contributed by atoms with Gasteiger partial charge in [0.25, 0.3) is 15.9 Å². The van der Waals surface area contributed by atoms with Gasteiger partial charge in [0.2, 0.25) is 5.60 Å². The molecule has 1 amide bonds. The van der Waals surface area contributed by atoms with Crippen molar-refractivity contribution in [2.24, 2.45) is 13.0 Å². The molecule has 2 atom stereocenters. The number of carboxylic acids is 1. The topological polar surface area (TPSA) is 149 Å². The number of nitrogens with zero attached hydrogens (tertiary/aromatic N) is 3. The standard InChI is InChI=1S/C23H29F3N4O8S/c1-12(20(31)32)9-15-11-30(39(34,35)18-13(2)29(5)28-19(18)36-6)16-10-14(7-8-17(16)37-15)27-21(33)38-22(3,4)23(24,25)26/h7-8,10,12,15H,9,11H2,1-6H3,(H,27,33)(H,31,32)/t12-,15-/m0/s1. The Kier molecular flexibility index (Phi) is 8.01. The molecule has 0 saturated heterocycles. The van der Waals surface area contributed by atoms with Crippen LogP contribution in [0.15, 0.2) is 23.1 Å². The molecule has 0 fully saturated rings. The second-order valence-electron chi connectivity index (χ2n) is 9.50. The molecule has 216 valence electrons. The van der Waals surface area contributed by atoms with E-state index in [0.717, 1.165) is 4.31 Å². The number of aromatic nitrogens is 2. The highest BCUT2D eigenvalue weighted by Gasteiger charge is 2.51. The molecule has 0 radical (unpaired) electrons. The van der Waals surface area contributed by atoms with Crippen LogP contribution in [-0.4, -0.2) is 66.9 Å². The highest BCUT2D eigenvalue weighted by atomic mass is 32.2. The number of nitrogens with one attached hydrogen (secondary N) is 1. The van der Waals surface area contributed by atoms with Crippen molar-refractivity contribution in [3.05, 3.63) is 23.9 Å². The lowest BCUT2D eigenvalue weighted by atomic mass is 10.0. The van der Waals surface area contributed by atoms with Crippen molar-refractivity contribution in [1.29, 1.82) is 0 Å². The zero-order valence-corrected chi connectivity index (χ0v) is 22.8. The van der Waals surface area contributed by atoms with Crippen LogP contribution in [-0.2, 0) is 26.6 Å². The summed E-state index contributed by atoms with van der Waals surface area (Å²) in [5.74, 6) is -2.08. The first-order chi connectivity index (χ1) is 17.9. The van der Waals surface area contributed by atoms with Crippen molar-refractivity contribution >= 4 is 33.5 Å². The average molecular weight is 579 g/mol. The van der Waals surface area contributed by atoms with Crippen molar-refractivity contribution < 1.29 is 50.5 Å². The first kappa shape index (κ1) is 29.9. The maximum absolute atomic E-state index is 13.9. The lowest BCUT2D eigenvalue weighted by Gasteiger charge is -2.36. The number of carbonyl (C=O) groups is 2. The van der Waals surface area contributed by atoms with Crippen LogP contribution < -0.4 is 19.1 Å². The lowest BCUT2D eigenvalue weighted by Crippen LogP contribution is -2.45. The van der Waals surface area contributed by atoms with Gasteiger partial charge < -0.3 is 19.3 Å². The van der Waals surface area contributed by atoms with Crippen molar-refractivity contribution in [2.75, 3.05) is 23.3 Å². The van der Waals surface area contributed by atoms with E-state index in [1.54, 1.807) is 0 Å². The van der Waals surface area contributed by atoms with E-state index in [0.29, 0.717) is 13.8 Å². The number of aliphatic carboxylic acids is 1. The van der Waals surface area contributed by atoms with Crippen LogP contribution in [0.2, 0.25) is 0 Å². The molecule has 1 aliphatic heterocycles. The van der Waals surface area contributed by atoms with Crippen LogP contribution in [0.1, 0.15) is 32.9 Å². The molecule has 1 aromatic heterocycles. The summed E-state index contributed by atoms with van der Waals surface area (Å²) in [5, 5.41) is 15.6. The maximum Gasteiger partial charge on any atom is 0.427 e. The Morgan fingerprint density at radius 1 is 1.31 bits per heavy atom. The van der Waals surface area contributed by atoms with E-state index in [-0.39, 0.29) is 46.6 Å². The molecule has 2 aromatic rings. The number of amides is 1. The fourth-order valence-corrected chi connectivity index (χ4v) is 5.60. The van der Waals surface area contributed by atoms with E-state index in [2.05, 4.69) is 15.2 Å². The number of hydrogen-bond acceptors (Lipinski definition) is 8. The number of alkyl halides is 3. The Balaban J connectivity index is 2.04. The number of fused-ring (bicyclic) bond motifs is 1. The minimum absolute atomic E-state index is 0.0250. The third kappa shape index (κ3) is 5.99. The van der Waals surface area contributed by atoms with E-state index in [9.17, 15) is 36.3 Å². The molecular formula is C23H29F3N4O8S. The molecule has 1 aliphatic rings. The summed E-state index contributed by atoms with van der Waals surface area (Å²) in [6, 6.07) is 3.79. The summed E-state index contributed by atoms with van der Waals surface area (Å²) in [7, 11) is -1.63. The Bertz CT molecular complexity index is 1370. The summed E-state index contributed by atoms with van der Waals surface area (Å²) < 4.78 is 85.1. The molecule has 0 saturated carbocycles. The number of aryl methyl sites for hydroxylation is 1. The molecule has 2 N–H and O–H groups in total. The zero-order valence-electron chi connectivity index (χ0n) is 22.0. The summed E-state index contributed by atoms with van der Waals surface area (Å²) >= 11 is 0. The van der Waals surface area contributed by atoms with Gasteiger partial charge in [-0.2, -0.15) is 13.2 Å². The third-order valence-electron chi connectivity index (χ3n) is 6.20. The summed E-state index contributed by atoms with van der Waals surface area (Å²) in [5.41, 5.74) is -2.66. The predicted molar refractivity (Wildman–Crippen MR) is 132 cm³/mol. The number of benzene rings is 1. The van der Waals surface area contributed by atoms with Crippen LogP contribution in [0.3, 0.4) is 0 Å². The van der Waals surface area contributed by atoms with Gasteiger partial charge in [0.15, 0.2) is 4.90 Å². The fourth-order valence-electron chi connectivity index (χ4n) is 3.77. The molecule has 3 rings (SSSR count). The predicted octanol–water partition coefficient (Wildman–Crippen LogP) is 3.69. The van der Waals surface area contributed by atoms with Gasteiger partial charge in [0.1, 0.15) is 11.9 Å². The van der Waals surface area contributed by atoms with Crippen LogP contribution in [0.25, 0.3) is 0 Å². The fraction of sp³-hybridized carbons (Fsp3) is 0.522. The van der Waals surface area contributed by atoms with E-state index in [1.165, 1.54) is 50.9 Å². The van der Waals surface area contributed by atoms with E-state index in [1.807, 2.05) is 0 Å². The Morgan fingerprint density at radius 3 is 2.51 bits per heavy atom. The third-order valence-corrected chi connectivity index (χ3v) is 8.11. The molecular weight excluding hydrogens is 549 g/mol. The molecule has 16 heteroatoms. The number of anilines is 2. The molecule has 1 aromatic carbocycles. The van der Waals surface area contributed by atoms with Gasteiger partial charge in [-0.25, -0.2) is 13.2 Å². The number of methoxy groups -OCH3 is 1. The molecule has 12 nitrogen and oxygen atoms in total. The molecule has 0 unspecified atom stereocenters. The van der Waals surface area contributed by atoms with Gasteiger partial charge in [-0.05, 0) is 45.4 Å². The average Bonchev–Trinajstić information content (AvgIpc) is 3.11. The van der Waals surface area contributed by atoms with Gasteiger partial charge in [0.05, 0.1) is 31.0 Å². The van der Waals surface area contributed by atoms with Crippen molar-refractivity contribution in [3.63, 3.8) is 0 Å². The number of carboxylic acid groups (broad SMARTS) is 1. The second-order valence-corrected chi connectivity index (χ2v) is 11.3. The van der Waals surface area contributed by atoms with Crippen molar-refractivity contribution in [3.8, 4) is 11.6 Å². The van der Waals surface area contributed by atoms with Crippen LogP contribution in [0.4, 0.5) is 29.3 Å². The van der Waals surface area contributed by atoms with Gasteiger partial charge in [0, 0.05) is 12.7 Å². The van der Waals surface area contributed by atoms with Crippen molar-refractivity contribution in [1.82, 2.24) is 9.78 Å². The monoisotopic (exact) mass is 578 g/mol. The largest absolute Gasteiger partial charge is 0.486 e. The van der Waals surface area contributed by atoms with E-state index in [4.69, 9.17) is 9.47 Å². The number of carbonyl (C=O) groups excluding carboxylic acids is 1. The molecule has 0 spiro atoms. The second kappa shape index (κ2) is 10.5. The van der Waals surface area contributed by atoms with Gasteiger partial charge in [-0.15, -0.1) is 5.10 Å². The Hall–Kier alpha value is -3.69. The Morgan fingerprint density at radius 2 is 1.95 bits per heavy atom. The van der Waals surface area contributed by atoms with Gasteiger partial charge in [-0.1, -0.05) is 6.92 Å². The molecule has 39 heavy (non-hydrogen) atoms.